The van der Waals surface area contributed by atoms with Gasteiger partial charge in [0.05, 0.1) is 0 Å². The van der Waals surface area contributed by atoms with Crippen LogP contribution in [0, 0.1) is 11.7 Å². The minimum atomic E-state index is -0.164. The van der Waals surface area contributed by atoms with Crippen molar-refractivity contribution >= 4 is 11.6 Å². The smallest absolute Gasteiger partial charge is 0.123 e. The van der Waals surface area contributed by atoms with E-state index in [1.165, 1.54) is 44.1 Å². The summed E-state index contributed by atoms with van der Waals surface area (Å²) in [6.07, 6.45) is 7.89. The summed E-state index contributed by atoms with van der Waals surface area (Å²) in [5.41, 5.74) is 1.20. The van der Waals surface area contributed by atoms with Crippen LogP contribution < -0.4 is 0 Å². The summed E-state index contributed by atoms with van der Waals surface area (Å²) in [7, 11) is 0. The van der Waals surface area contributed by atoms with E-state index < -0.39 is 0 Å². The highest BCUT2D eigenvalue weighted by Crippen LogP contribution is 2.35. The predicted molar refractivity (Wildman–Crippen MR) is 71.1 cm³/mol. The van der Waals surface area contributed by atoms with Crippen molar-refractivity contribution in [3.63, 3.8) is 0 Å². The molecule has 1 fully saturated rings. The molecule has 1 saturated carbocycles. The van der Waals surface area contributed by atoms with Crippen molar-refractivity contribution in [2.75, 3.05) is 5.88 Å². The van der Waals surface area contributed by atoms with Crippen molar-refractivity contribution in [1.29, 1.82) is 0 Å². The van der Waals surface area contributed by atoms with Crippen molar-refractivity contribution in [1.82, 2.24) is 0 Å². The number of hydrogen-bond acceptors (Lipinski definition) is 0. The molecule has 0 aromatic heterocycles. The molecule has 1 atom stereocenters. The molecule has 0 N–H and O–H groups in total. The Hall–Kier alpha value is -0.560. The van der Waals surface area contributed by atoms with E-state index in [9.17, 15) is 4.39 Å². The normalized spacial score (nSPS) is 19.9. The highest BCUT2D eigenvalue weighted by atomic mass is 35.5. The number of rotatable bonds is 3. The third kappa shape index (κ3) is 3.45. The molecule has 2 heteroatoms. The van der Waals surface area contributed by atoms with E-state index in [2.05, 4.69) is 0 Å². The van der Waals surface area contributed by atoms with Crippen LogP contribution in [-0.4, -0.2) is 5.88 Å². The Morgan fingerprint density at radius 2 is 1.65 bits per heavy atom. The molecule has 94 valence electrons. The summed E-state index contributed by atoms with van der Waals surface area (Å²) in [6, 6.07) is 6.89. The van der Waals surface area contributed by atoms with Crippen molar-refractivity contribution in [3.05, 3.63) is 35.6 Å². The maximum Gasteiger partial charge on any atom is 0.123 e. The summed E-state index contributed by atoms with van der Waals surface area (Å²) < 4.78 is 12.9. The minimum absolute atomic E-state index is 0.164. The van der Waals surface area contributed by atoms with Crippen molar-refractivity contribution in [3.8, 4) is 0 Å². The van der Waals surface area contributed by atoms with Gasteiger partial charge in [0.25, 0.3) is 0 Å². The molecular formula is C15H20ClF. The second-order valence-corrected chi connectivity index (χ2v) is 5.37. The fourth-order valence-electron chi connectivity index (χ4n) is 2.91. The molecule has 0 spiro atoms. The first-order chi connectivity index (χ1) is 8.31. The zero-order valence-electron chi connectivity index (χ0n) is 10.2. The molecule has 1 aliphatic rings. The van der Waals surface area contributed by atoms with Crippen LogP contribution in [0.3, 0.4) is 0 Å². The Balaban J connectivity index is 2.11. The van der Waals surface area contributed by atoms with Crippen LogP contribution in [0.1, 0.15) is 50.0 Å². The summed E-state index contributed by atoms with van der Waals surface area (Å²) >= 11 is 6.13. The van der Waals surface area contributed by atoms with Crippen LogP contribution in [0.2, 0.25) is 0 Å². The van der Waals surface area contributed by atoms with Gasteiger partial charge in [0.2, 0.25) is 0 Å². The first-order valence-electron chi connectivity index (χ1n) is 6.62. The summed E-state index contributed by atoms with van der Waals surface area (Å²) in [6.45, 7) is 0. The molecule has 1 unspecified atom stereocenters. The molecule has 0 amide bonds. The fraction of sp³-hybridized carbons (Fsp3) is 0.600. The van der Waals surface area contributed by atoms with Gasteiger partial charge in [0, 0.05) is 11.8 Å². The zero-order chi connectivity index (χ0) is 12.1. The van der Waals surface area contributed by atoms with Gasteiger partial charge in [-0.15, -0.1) is 11.6 Å². The van der Waals surface area contributed by atoms with E-state index >= 15 is 0 Å². The molecule has 0 nitrogen and oxygen atoms in total. The summed E-state index contributed by atoms with van der Waals surface area (Å²) in [5.74, 6) is 1.56. The fourth-order valence-corrected chi connectivity index (χ4v) is 3.34. The largest absolute Gasteiger partial charge is 0.207 e. The van der Waals surface area contributed by atoms with Crippen LogP contribution in [0.15, 0.2) is 24.3 Å². The van der Waals surface area contributed by atoms with E-state index in [4.69, 9.17) is 11.6 Å². The molecule has 17 heavy (non-hydrogen) atoms. The van der Waals surface area contributed by atoms with Gasteiger partial charge in [-0.1, -0.05) is 37.8 Å². The Morgan fingerprint density at radius 3 is 2.18 bits per heavy atom. The zero-order valence-corrected chi connectivity index (χ0v) is 10.9. The van der Waals surface area contributed by atoms with Crippen LogP contribution in [-0.2, 0) is 0 Å². The molecule has 0 aliphatic heterocycles. The molecule has 1 aromatic rings. The van der Waals surface area contributed by atoms with E-state index in [0.717, 1.165) is 0 Å². The van der Waals surface area contributed by atoms with Crippen molar-refractivity contribution in [2.45, 2.75) is 44.4 Å². The standard InChI is InChI=1S/C15H20ClF/c16-11-15(12-5-3-1-2-4-6-12)13-7-9-14(17)10-8-13/h7-10,12,15H,1-6,11H2. The highest BCUT2D eigenvalue weighted by molar-refractivity contribution is 6.18. The summed E-state index contributed by atoms with van der Waals surface area (Å²) in [5, 5.41) is 0. The number of benzene rings is 1. The average Bonchev–Trinajstić information content (AvgIpc) is 2.62. The molecule has 0 heterocycles. The highest BCUT2D eigenvalue weighted by Gasteiger charge is 2.23. The third-order valence-corrected chi connectivity index (χ3v) is 4.27. The topological polar surface area (TPSA) is 0 Å². The van der Waals surface area contributed by atoms with Gasteiger partial charge in [-0.25, -0.2) is 4.39 Å². The lowest BCUT2D eigenvalue weighted by molar-refractivity contribution is 0.397. The first-order valence-corrected chi connectivity index (χ1v) is 7.16. The lowest BCUT2D eigenvalue weighted by atomic mass is 9.82. The number of alkyl halides is 1. The van der Waals surface area contributed by atoms with E-state index in [1.807, 2.05) is 12.1 Å². The molecular weight excluding hydrogens is 235 g/mol. The number of halogens is 2. The molecule has 1 aromatic carbocycles. The van der Waals surface area contributed by atoms with Crippen LogP contribution in [0.5, 0.6) is 0 Å². The minimum Gasteiger partial charge on any atom is -0.207 e. The van der Waals surface area contributed by atoms with Gasteiger partial charge >= 0.3 is 0 Å². The first kappa shape index (κ1) is 12.9. The van der Waals surface area contributed by atoms with Gasteiger partial charge in [-0.2, -0.15) is 0 Å². The second-order valence-electron chi connectivity index (χ2n) is 5.06. The summed E-state index contributed by atoms with van der Waals surface area (Å²) in [4.78, 5) is 0. The maximum atomic E-state index is 12.9. The monoisotopic (exact) mass is 254 g/mol. The van der Waals surface area contributed by atoms with Crippen LogP contribution >= 0.6 is 11.6 Å². The molecule has 0 radical (unpaired) electrons. The maximum absolute atomic E-state index is 12.9. The SMILES string of the molecule is Fc1ccc(C(CCl)C2CCCCCC2)cc1. The van der Waals surface area contributed by atoms with Crippen molar-refractivity contribution < 1.29 is 4.39 Å². The Bertz CT molecular complexity index is 325. The predicted octanol–water partition coefficient (Wildman–Crippen LogP) is 5.12. The van der Waals surface area contributed by atoms with E-state index in [-0.39, 0.29) is 5.82 Å². The van der Waals surface area contributed by atoms with E-state index in [0.29, 0.717) is 17.7 Å². The molecule has 0 saturated heterocycles. The van der Waals surface area contributed by atoms with Gasteiger partial charge in [-0.05, 0) is 36.5 Å². The Morgan fingerprint density at radius 1 is 1.06 bits per heavy atom. The lowest BCUT2D eigenvalue weighted by Crippen LogP contribution is -2.14. The third-order valence-electron chi connectivity index (χ3n) is 3.93. The van der Waals surface area contributed by atoms with Crippen LogP contribution in [0.4, 0.5) is 4.39 Å². The second kappa shape index (κ2) is 6.39. The van der Waals surface area contributed by atoms with Crippen molar-refractivity contribution in [2.24, 2.45) is 5.92 Å². The Kier molecular flexibility index (Phi) is 4.85. The Labute approximate surface area is 108 Å². The van der Waals surface area contributed by atoms with Gasteiger partial charge in [0.15, 0.2) is 0 Å². The molecule has 1 aliphatic carbocycles. The van der Waals surface area contributed by atoms with Gasteiger partial charge in [-0.3, -0.25) is 0 Å². The van der Waals surface area contributed by atoms with Gasteiger partial charge < -0.3 is 0 Å². The quantitative estimate of drug-likeness (QED) is 0.519. The lowest BCUT2D eigenvalue weighted by Gasteiger charge is -2.24. The molecule has 0 bridgehead atoms. The van der Waals surface area contributed by atoms with Crippen LogP contribution in [0.25, 0.3) is 0 Å². The number of hydrogen-bond donors (Lipinski definition) is 0. The molecule has 2 rings (SSSR count). The van der Waals surface area contributed by atoms with Gasteiger partial charge in [0.1, 0.15) is 5.82 Å². The average molecular weight is 255 g/mol. The van der Waals surface area contributed by atoms with E-state index in [1.54, 1.807) is 12.1 Å².